The Kier molecular flexibility index (Phi) is 8.98. The minimum atomic E-state index is -0.435. The summed E-state index contributed by atoms with van der Waals surface area (Å²) in [7, 11) is 0. The van der Waals surface area contributed by atoms with E-state index >= 15 is 0 Å². The zero-order valence-electron chi connectivity index (χ0n) is 18.0. The van der Waals surface area contributed by atoms with E-state index in [0.29, 0.717) is 19.1 Å². The number of aliphatic hydroxyl groups excluding tert-OH is 1. The molecule has 0 aromatic heterocycles. The Hall–Kier alpha value is -1.16. The summed E-state index contributed by atoms with van der Waals surface area (Å²) in [5.74, 6) is 0.949. The van der Waals surface area contributed by atoms with Gasteiger partial charge in [-0.15, -0.1) is 24.0 Å². The molecule has 2 unspecified atom stereocenters. The highest BCUT2D eigenvalue weighted by Gasteiger charge is 2.29. The van der Waals surface area contributed by atoms with Gasteiger partial charge >= 0.3 is 0 Å². The second kappa shape index (κ2) is 11.5. The number of aliphatic hydroxyl groups is 1. The molecule has 1 aromatic carbocycles. The SMILES string of the molecule is CCNC(=NCC(O)CN1CCc2ccccc2C1)N1CCC(N2CC=CC2)C1.I. The molecular weight excluding hydrogens is 489 g/mol. The summed E-state index contributed by atoms with van der Waals surface area (Å²) in [6.45, 7) is 10.2. The van der Waals surface area contributed by atoms with Gasteiger partial charge in [-0.1, -0.05) is 36.4 Å². The highest BCUT2D eigenvalue weighted by Crippen LogP contribution is 2.19. The van der Waals surface area contributed by atoms with Crippen LogP contribution in [-0.2, 0) is 13.0 Å². The van der Waals surface area contributed by atoms with Crippen LogP contribution in [0.2, 0.25) is 0 Å². The van der Waals surface area contributed by atoms with Crippen molar-refractivity contribution in [2.75, 3.05) is 52.4 Å². The molecule has 3 aliphatic rings. The zero-order valence-corrected chi connectivity index (χ0v) is 20.4. The second-order valence-corrected chi connectivity index (χ2v) is 8.42. The molecule has 0 amide bonds. The quantitative estimate of drug-likeness (QED) is 0.258. The number of rotatable bonds is 6. The number of hydrogen-bond donors (Lipinski definition) is 2. The summed E-state index contributed by atoms with van der Waals surface area (Å²) in [5.41, 5.74) is 2.84. The van der Waals surface area contributed by atoms with Gasteiger partial charge in [-0.2, -0.15) is 0 Å². The van der Waals surface area contributed by atoms with Crippen molar-refractivity contribution in [1.29, 1.82) is 0 Å². The first-order valence-electron chi connectivity index (χ1n) is 11.1. The molecule has 2 N–H and O–H groups in total. The van der Waals surface area contributed by atoms with Crippen molar-refractivity contribution < 1.29 is 5.11 Å². The molecular formula is C23H36IN5O. The maximum atomic E-state index is 10.6. The second-order valence-electron chi connectivity index (χ2n) is 8.42. The van der Waals surface area contributed by atoms with E-state index < -0.39 is 6.10 Å². The molecule has 1 aromatic rings. The summed E-state index contributed by atoms with van der Waals surface area (Å²) >= 11 is 0. The molecule has 3 heterocycles. The number of guanidine groups is 1. The molecule has 4 rings (SSSR count). The molecule has 0 spiro atoms. The van der Waals surface area contributed by atoms with E-state index in [1.54, 1.807) is 0 Å². The molecule has 30 heavy (non-hydrogen) atoms. The molecule has 2 atom stereocenters. The smallest absolute Gasteiger partial charge is 0.194 e. The predicted molar refractivity (Wildman–Crippen MR) is 134 cm³/mol. The van der Waals surface area contributed by atoms with Crippen molar-refractivity contribution in [1.82, 2.24) is 20.0 Å². The van der Waals surface area contributed by atoms with Crippen LogP contribution in [0.1, 0.15) is 24.5 Å². The van der Waals surface area contributed by atoms with E-state index in [2.05, 4.69) is 63.4 Å². The number of nitrogens with zero attached hydrogens (tertiary/aromatic N) is 4. The average molecular weight is 525 g/mol. The Morgan fingerprint density at radius 1 is 1.20 bits per heavy atom. The van der Waals surface area contributed by atoms with Crippen molar-refractivity contribution in [2.24, 2.45) is 4.99 Å². The van der Waals surface area contributed by atoms with Crippen LogP contribution in [-0.4, -0.2) is 90.3 Å². The third-order valence-corrected chi connectivity index (χ3v) is 6.29. The monoisotopic (exact) mass is 525 g/mol. The van der Waals surface area contributed by atoms with Gasteiger partial charge in [0.2, 0.25) is 0 Å². The number of halogens is 1. The Bertz CT molecular complexity index is 732. The number of hydrogen-bond acceptors (Lipinski definition) is 4. The number of fused-ring (bicyclic) bond motifs is 1. The predicted octanol–water partition coefficient (Wildman–Crippen LogP) is 1.94. The summed E-state index contributed by atoms with van der Waals surface area (Å²) in [4.78, 5) is 12.0. The van der Waals surface area contributed by atoms with Crippen molar-refractivity contribution in [3.63, 3.8) is 0 Å². The van der Waals surface area contributed by atoms with Crippen LogP contribution in [0.5, 0.6) is 0 Å². The average Bonchev–Trinajstić information content (AvgIpc) is 3.43. The van der Waals surface area contributed by atoms with Gasteiger partial charge in [-0.05, 0) is 30.9 Å². The fourth-order valence-electron chi connectivity index (χ4n) is 4.71. The first kappa shape index (κ1) is 23.5. The number of likely N-dealkylation sites (tertiary alicyclic amines) is 1. The third-order valence-electron chi connectivity index (χ3n) is 6.29. The summed E-state index contributed by atoms with van der Waals surface area (Å²) in [6.07, 6.45) is 6.33. The van der Waals surface area contributed by atoms with Crippen molar-refractivity contribution in [2.45, 2.75) is 38.5 Å². The molecule has 6 nitrogen and oxygen atoms in total. The van der Waals surface area contributed by atoms with Gasteiger partial charge < -0.3 is 15.3 Å². The maximum Gasteiger partial charge on any atom is 0.194 e. The van der Waals surface area contributed by atoms with Gasteiger partial charge in [-0.25, -0.2) is 0 Å². The lowest BCUT2D eigenvalue weighted by molar-refractivity contribution is 0.111. The van der Waals surface area contributed by atoms with Crippen LogP contribution >= 0.6 is 24.0 Å². The molecule has 7 heteroatoms. The van der Waals surface area contributed by atoms with Gasteiger partial charge in [0.15, 0.2) is 5.96 Å². The fraction of sp³-hybridized carbons (Fsp3) is 0.609. The molecule has 0 saturated carbocycles. The molecule has 0 aliphatic carbocycles. The minimum Gasteiger partial charge on any atom is -0.390 e. The summed E-state index contributed by atoms with van der Waals surface area (Å²) < 4.78 is 0. The number of benzene rings is 1. The van der Waals surface area contributed by atoms with Gasteiger partial charge in [0, 0.05) is 58.4 Å². The van der Waals surface area contributed by atoms with E-state index in [-0.39, 0.29) is 24.0 Å². The van der Waals surface area contributed by atoms with E-state index in [9.17, 15) is 5.11 Å². The topological polar surface area (TPSA) is 54.3 Å². The van der Waals surface area contributed by atoms with Crippen LogP contribution in [0.25, 0.3) is 0 Å². The van der Waals surface area contributed by atoms with Gasteiger partial charge in [0.1, 0.15) is 0 Å². The highest BCUT2D eigenvalue weighted by atomic mass is 127. The molecule has 166 valence electrons. The lowest BCUT2D eigenvalue weighted by atomic mass is 10.00. The maximum absolute atomic E-state index is 10.6. The minimum absolute atomic E-state index is 0. The van der Waals surface area contributed by atoms with Crippen LogP contribution in [0, 0.1) is 0 Å². The molecule has 3 aliphatic heterocycles. The Labute approximate surface area is 198 Å². The number of β-amino-alcohol motifs (C(OH)–C–C–N with tert-alkyl or cyclic N) is 1. The zero-order chi connectivity index (χ0) is 20.1. The Morgan fingerprint density at radius 2 is 1.97 bits per heavy atom. The van der Waals surface area contributed by atoms with Crippen molar-refractivity contribution >= 4 is 29.9 Å². The Balaban J connectivity index is 0.00000256. The van der Waals surface area contributed by atoms with Crippen LogP contribution in [0.4, 0.5) is 0 Å². The molecule has 1 saturated heterocycles. The van der Waals surface area contributed by atoms with Gasteiger partial charge in [0.25, 0.3) is 0 Å². The first-order valence-corrected chi connectivity index (χ1v) is 11.1. The normalized spacial score (nSPS) is 23.3. The summed E-state index contributed by atoms with van der Waals surface area (Å²) in [6, 6.07) is 9.25. The van der Waals surface area contributed by atoms with Crippen LogP contribution in [0.15, 0.2) is 41.4 Å². The lowest BCUT2D eigenvalue weighted by Crippen LogP contribution is -2.43. The van der Waals surface area contributed by atoms with E-state index in [1.165, 1.54) is 17.5 Å². The fourth-order valence-corrected chi connectivity index (χ4v) is 4.71. The van der Waals surface area contributed by atoms with E-state index in [0.717, 1.165) is 58.2 Å². The van der Waals surface area contributed by atoms with Gasteiger partial charge in [0.05, 0.1) is 12.6 Å². The summed E-state index contributed by atoms with van der Waals surface area (Å²) in [5, 5.41) is 14.0. The third kappa shape index (κ3) is 5.96. The largest absolute Gasteiger partial charge is 0.390 e. The first-order chi connectivity index (χ1) is 14.2. The van der Waals surface area contributed by atoms with E-state index in [4.69, 9.17) is 4.99 Å². The highest BCUT2D eigenvalue weighted by molar-refractivity contribution is 14.0. The Morgan fingerprint density at radius 3 is 2.73 bits per heavy atom. The molecule has 0 bridgehead atoms. The molecule has 0 radical (unpaired) electrons. The molecule has 1 fully saturated rings. The number of nitrogens with one attached hydrogen (secondary N) is 1. The standard InChI is InChI=1S/C23H35N5O.HI/c1-2-24-23(28-14-10-21(17-28)27-11-5-6-12-27)25-15-22(29)18-26-13-9-19-7-3-4-8-20(19)16-26;/h3-8,21-22,29H,2,9-18H2,1H3,(H,24,25);1H. The van der Waals surface area contributed by atoms with Crippen LogP contribution in [0.3, 0.4) is 0 Å². The number of aliphatic imine (C=N–C) groups is 1. The lowest BCUT2D eigenvalue weighted by Gasteiger charge is -2.30. The van der Waals surface area contributed by atoms with E-state index in [1.807, 2.05) is 0 Å². The van der Waals surface area contributed by atoms with Crippen LogP contribution < -0.4 is 5.32 Å². The van der Waals surface area contributed by atoms with Crippen molar-refractivity contribution in [3.05, 3.63) is 47.5 Å². The van der Waals surface area contributed by atoms with Crippen molar-refractivity contribution in [3.8, 4) is 0 Å². The van der Waals surface area contributed by atoms with Gasteiger partial charge in [-0.3, -0.25) is 14.8 Å².